The maximum Gasteiger partial charge on any atom is 0.330 e. The lowest BCUT2D eigenvalue weighted by atomic mass is 10.2. The van der Waals surface area contributed by atoms with E-state index in [1.54, 1.807) is 0 Å². The number of unbranched alkanes of at least 4 members (excludes halogenated alkanes) is 1. The molecule has 0 saturated carbocycles. The summed E-state index contributed by atoms with van der Waals surface area (Å²) in [6, 6.07) is 3.69. The number of likely N-dealkylation sites (N-methyl/N-ethyl adjacent to an activating group) is 1. The van der Waals surface area contributed by atoms with Gasteiger partial charge in [-0.3, -0.25) is 38.9 Å². The van der Waals surface area contributed by atoms with Gasteiger partial charge in [-0.1, -0.05) is 13.3 Å². The Balaban J connectivity index is 1.94. The first-order valence-electron chi connectivity index (χ1n) is 9.76. The van der Waals surface area contributed by atoms with Crippen LogP contribution in [0.5, 0.6) is 5.75 Å². The third-order valence-electron chi connectivity index (χ3n) is 5.05. The molecule has 32 heavy (non-hydrogen) atoms. The van der Waals surface area contributed by atoms with Crippen molar-refractivity contribution in [3.05, 3.63) is 49.2 Å². The van der Waals surface area contributed by atoms with Gasteiger partial charge in [0.05, 0.1) is 10.6 Å². The standard InChI is InChI=1S/C19H22N6O7/c1-3-4-7-23-17(20)16(18(28)21-19(23)29)22(2)14(26)9-24-12-8-11(25(30)31)5-6-13(12)32-10-15(24)27/h5-6,8H,3-4,7,9-10,20H2,1-2H3,(H,21,28,29). The molecule has 3 N–H and O–H groups in total. The number of nitrogens with one attached hydrogen (secondary N) is 1. The van der Waals surface area contributed by atoms with Crippen molar-refractivity contribution < 1.29 is 19.2 Å². The molecular formula is C19H22N6O7. The van der Waals surface area contributed by atoms with Gasteiger partial charge in [0, 0.05) is 25.7 Å². The lowest BCUT2D eigenvalue weighted by Crippen LogP contribution is -2.47. The van der Waals surface area contributed by atoms with Crippen molar-refractivity contribution in [2.24, 2.45) is 0 Å². The van der Waals surface area contributed by atoms with Crippen LogP contribution in [0.2, 0.25) is 0 Å². The Hall–Kier alpha value is -4.16. The summed E-state index contributed by atoms with van der Waals surface area (Å²) < 4.78 is 6.45. The average Bonchev–Trinajstić information content (AvgIpc) is 2.74. The highest BCUT2D eigenvalue weighted by Gasteiger charge is 2.31. The summed E-state index contributed by atoms with van der Waals surface area (Å²) in [6.45, 7) is 1.29. The molecule has 13 nitrogen and oxygen atoms in total. The van der Waals surface area contributed by atoms with Crippen LogP contribution in [0.3, 0.4) is 0 Å². The minimum absolute atomic E-state index is 0.0620. The zero-order valence-corrected chi connectivity index (χ0v) is 17.5. The van der Waals surface area contributed by atoms with Crippen LogP contribution in [0.1, 0.15) is 19.8 Å². The highest BCUT2D eigenvalue weighted by atomic mass is 16.6. The van der Waals surface area contributed by atoms with Crippen LogP contribution in [0, 0.1) is 10.1 Å². The second kappa shape index (κ2) is 8.91. The molecule has 0 radical (unpaired) electrons. The summed E-state index contributed by atoms with van der Waals surface area (Å²) in [5.74, 6) is -1.26. The Morgan fingerprint density at radius 2 is 2.06 bits per heavy atom. The zero-order valence-electron chi connectivity index (χ0n) is 17.5. The SMILES string of the molecule is CCCCn1c(N)c(N(C)C(=O)CN2C(=O)COc3ccc([N+](=O)[O-])cc32)c(=O)[nH]c1=O. The van der Waals surface area contributed by atoms with Crippen molar-refractivity contribution in [2.75, 3.05) is 35.7 Å². The molecule has 0 unspecified atom stereocenters. The molecule has 13 heteroatoms. The molecule has 1 aromatic carbocycles. The van der Waals surface area contributed by atoms with Gasteiger partial charge in [0.15, 0.2) is 12.3 Å². The van der Waals surface area contributed by atoms with Gasteiger partial charge in [-0.05, 0) is 12.5 Å². The maximum atomic E-state index is 13.0. The number of nitrogens with zero attached hydrogens (tertiary/aromatic N) is 4. The number of nitrogens with two attached hydrogens (primary N) is 1. The van der Waals surface area contributed by atoms with E-state index in [1.165, 1.54) is 23.7 Å². The zero-order chi connectivity index (χ0) is 23.6. The van der Waals surface area contributed by atoms with E-state index in [2.05, 4.69) is 4.98 Å². The highest BCUT2D eigenvalue weighted by Crippen LogP contribution is 2.35. The molecule has 1 aromatic heterocycles. The predicted octanol–water partition coefficient (Wildman–Crippen LogP) is 0.216. The topological polar surface area (TPSA) is 174 Å². The van der Waals surface area contributed by atoms with E-state index in [4.69, 9.17) is 10.5 Å². The lowest BCUT2D eigenvalue weighted by molar-refractivity contribution is -0.384. The van der Waals surface area contributed by atoms with Gasteiger partial charge in [-0.2, -0.15) is 0 Å². The number of anilines is 3. The second-order valence-electron chi connectivity index (χ2n) is 7.13. The third-order valence-corrected chi connectivity index (χ3v) is 5.05. The van der Waals surface area contributed by atoms with Crippen LogP contribution in [0.25, 0.3) is 0 Å². The molecule has 0 spiro atoms. The highest BCUT2D eigenvalue weighted by molar-refractivity contribution is 6.06. The van der Waals surface area contributed by atoms with Gasteiger partial charge in [0.2, 0.25) is 5.91 Å². The fourth-order valence-corrected chi connectivity index (χ4v) is 3.28. The fourth-order valence-electron chi connectivity index (χ4n) is 3.28. The molecule has 3 rings (SSSR count). The van der Waals surface area contributed by atoms with Gasteiger partial charge >= 0.3 is 5.69 Å². The maximum absolute atomic E-state index is 13.0. The number of aromatic amines is 1. The minimum Gasteiger partial charge on any atom is -0.482 e. The molecule has 1 aliphatic heterocycles. The van der Waals surface area contributed by atoms with E-state index in [1.807, 2.05) is 6.92 Å². The normalized spacial score (nSPS) is 12.8. The summed E-state index contributed by atoms with van der Waals surface area (Å²) in [6.07, 6.45) is 1.41. The number of hydrogen-bond acceptors (Lipinski definition) is 8. The van der Waals surface area contributed by atoms with Crippen molar-refractivity contribution >= 4 is 34.7 Å². The Morgan fingerprint density at radius 1 is 1.34 bits per heavy atom. The summed E-state index contributed by atoms with van der Waals surface area (Å²) in [5.41, 5.74) is 4.05. The molecular weight excluding hydrogens is 424 g/mol. The number of nitrogen functional groups attached to an aromatic ring is 1. The van der Waals surface area contributed by atoms with Crippen molar-refractivity contribution in [3.63, 3.8) is 0 Å². The minimum atomic E-state index is -0.847. The number of rotatable bonds is 7. The molecule has 0 atom stereocenters. The Labute approximate surface area is 181 Å². The molecule has 2 amide bonds. The van der Waals surface area contributed by atoms with Crippen molar-refractivity contribution in [2.45, 2.75) is 26.3 Å². The van der Waals surface area contributed by atoms with Crippen LogP contribution in [0.4, 0.5) is 22.9 Å². The van der Waals surface area contributed by atoms with E-state index >= 15 is 0 Å². The lowest BCUT2D eigenvalue weighted by Gasteiger charge is -2.30. The first kappa shape index (κ1) is 22.5. The summed E-state index contributed by atoms with van der Waals surface area (Å²) in [4.78, 5) is 64.5. The number of carbonyl (C=O) groups excluding carboxylic acids is 2. The summed E-state index contributed by atoms with van der Waals surface area (Å²) in [5, 5.41) is 11.1. The Bertz CT molecular complexity index is 1200. The summed E-state index contributed by atoms with van der Waals surface area (Å²) >= 11 is 0. The first-order chi connectivity index (χ1) is 15.1. The smallest absolute Gasteiger partial charge is 0.330 e. The van der Waals surface area contributed by atoms with Crippen LogP contribution >= 0.6 is 0 Å². The van der Waals surface area contributed by atoms with Gasteiger partial charge in [-0.15, -0.1) is 0 Å². The van der Waals surface area contributed by atoms with Crippen LogP contribution in [-0.2, 0) is 16.1 Å². The third kappa shape index (κ3) is 4.17. The average molecular weight is 446 g/mol. The first-order valence-corrected chi connectivity index (χ1v) is 9.76. The largest absolute Gasteiger partial charge is 0.482 e. The molecule has 0 saturated heterocycles. The fraction of sp³-hybridized carbons (Fsp3) is 0.368. The molecule has 2 heterocycles. The number of aromatic nitrogens is 2. The van der Waals surface area contributed by atoms with Gasteiger partial charge < -0.3 is 15.4 Å². The van der Waals surface area contributed by atoms with Crippen molar-refractivity contribution in [1.82, 2.24) is 9.55 Å². The van der Waals surface area contributed by atoms with Crippen LogP contribution in [0.15, 0.2) is 27.8 Å². The second-order valence-corrected chi connectivity index (χ2v) is 7.13. The number of non-ortho nitro benzene ring substituents is 1. The van der Waals surface area contributed by atoms with Gasteiger partial charge in [0.25, 0.3) is 17.2 Å². The quantitative estimate of drug-likeness (QED) is 0.448. The van der Waals surface area contributed by atoms with Gasteiger partial charge in [-0.25, -0.2) is 4.79 Å². The van der Waals surface area contributed by atoms with E-state index in [0.717, 1.165) is 22.3 Å². The number of carbonyl (C=O) groups is 2. The molecule has 170 valence electrons. The Morgan fingerprint density at radius 3 is 2.72 bits per heavy atom. The molecule has 0 aliphatic carbocycles. The number of hydrogen-bond donors (Lipinski definition) is 2. The number of fused-ring (bicyclic) bond motifs is 1. The van der Waals surface area contributed by atoms with Crippen LogP contribution < -0.4 is 31.5 Å². The number of ether oxygens (including phenoxy) is 1. The van der Waals surface area contributed by atoms with Crippen molar-refractivity contribution in [3.8, 4) is 5.75 Å². The number of amides is 2. The Kier molecular flexibility index (Phi) is 6.27. The van der Waals surface area contributed by atoms with E-state index in [0.29, 0.717) is 6.42 Å². The van der Waals surface area contributed by atoms with Crippen molar-refractivity contribution in [1.29, 1.82) is 0 Å². The monoisotopic (exact) mass is 446 g/mol. The number of H-pyrrole nitrogens is 1. The van der Waals surface area contributed by atoms with Crippen LogP contribution in [-0.4, -0.2) is 46.5 Å². The summed E-state index contributed by atoms with van der Waals surface area (Å²) in [7, 11) is 1.29. The predicted molar refractivity (Wildman–Crippen MR) is 115 cm³/mol. The van der Waals surface area contributed by atoms with E-state index < -0.39 is 34.5 Å². The molecule has 0 bridgehead atoms. The molecule has 2 aromatic rings. The molecule has 1 aliphatic rings. The van der Waals surface area contributed by atoms with E-state index in [9.17, 15) is 29.3 Å². The number of benzene rings is 1. The van der Waals surface area contributed by atoms with E-state index in [-0.39, 0.29) is 41.8 Å². The number of nitro benzene ring substituents is 1. The molecule has 0 fully saturated rings. The number of nitro groups is 1. The van der Waals surface area contributed by atoms with Gasteiger partial charge in [0.1, 0.15) is 18.1 Å².